The summed E-state index contributed by atoms with van der Waals surface area (Å²) in [6.45, 7) is 3.46. The van der Waals surface area contributed by atoms with Gasteiger partial charge in [0.1, 0.15) is 11.3 Å². The van der Waals surface area contributed by atoms with Crippen LogP contribution in [-0.4, -0.2) is 42.1 Å². The molecule has 1 fully saturated rings. The van der Waals surface area contributed by atoms with E-state index >= 15 is 0 Å². The van der Waals surface area contributed by atoms with Gasteiger partial charge in [0, 0.05) is 44.5 Å². The molecule has 146 valence electrons. The van der Waals surface area contributed by atoms with Gasteiger partial charge < -0.3 is 19.5 Å². The highest BCUT2D eigenvalue weighted by atomic mass is 19.1. The molecule has 1 saturated heterocycles. The van der Waals surface area contributed by atoms with Crippen LogP contribution < -0.4 is 10.2 Å². The number of aromatic nitrogens is 1. The molecule has 6 nitrogen and oxygen atoms in total. The fourth-order valence-electron chi connectivity index (χ4n) is 3.66. The molecule has 0 aliphatic carbocycles. The Morgan fingerprint density at radius 2 is 1.93 bits per heavy atom. The number of rotatable bonds is 3. The molecule has 0 saturated carbocycles. The summed E-state index contributed by atoms with van der Waals surface area (Å²) in [5.41, 5.74) is 3.15. The number of nitrogens with zero attached hydrogens (tertiary/aromatic N) is 3. The van der Waals surface area contributed by atoms with Crippen LogP contribution in [0.4, 0.5) is 20.6 Å². The fraction of sp³-hybridized carbons (Fsp3) is 0.333. The van der Waals surface area contributed by atoms with Gasteiger partial charge in [0.2, 0.25) is 0 Å². The number of urea groups is 1. The molecule has 3 aromatic rings. The number of aryl methyl sites for hydroxylation is 1. The highest BCUT2D eigenvalue weighted by Crippen LogP contribution is 2.24. The van der Waals surface area contributed by atoms with Crippen molar-refractivity contribution in [2.75, 3.05) is 30.4 Å². The Morgan fingerprint density at radius 1 is 1.21 bits per heavy atom. The molecule has 1 aliphatic heterocycles. The predicted octanol–water partition coefficient (Wildman–Crippen LogP) is 4.41. The van der Waals surface area contributed by atoms with Gasteiger partial charge in [0.05, 0.1) is 0 Å². The normalized spacial score (nSPS) is 15.0. The maximum atomic E-state index is 13.1. The zero-order valence-corrected chi connectivity index (χ0v) is 16.0. The van der Waals surface area contributed by atoms with E-state index in [1.807, 2.05) is 25.2 Å². The molecule has 0 radical (unpaired) electrons. The van der Waals surface area contributed by atoms with Crippen molar-refractivity contribution in [2.24, 2.45) is 0 Å². The van der Waals surface area contributed by atoms with Crippen molar-refractivity contribution in [3.8, 4) is 0 Å². The van der Waals surface area contributed by atoms with Crippen molar-refractivity contribution >= 4 is 28.5 Å². The summed E-state index contributed by atoms with van der Waals surface area (Å²) in [5.74, 6) is 0.373. The van der Waals surface area contributed by atoms with Crippen LogP contribution in [0, 0.1) is 12.7 Å². The lowest BCUT2D eigenvalue weighted by molar-refractivity contribution is 0.193. The predicted molar refractivity (Wildman–Crippen MR) is 107 cm³/mol. The van der Waals surface area contributed by atoms with Crippen molar-refractivity contribution in [1.29, 1.82) is 0 Å². The largest absolute Gasteiger partial charge is 0.441 e. The Labute approximate surface area is 162 Å². The molecule has 7 heteroatoms. The first-order chi connectivity index (χ1) is 13.5. The maximum absolute atomic E-state index is 13.1. The number of benzene rings is 2. The quantitative estimate of drug-likeness (QED) is 0.729. The number of anilines is 2. The molecule has 0 bridgehead atoms. The summed E-state index contributed by atoms with van der Waals surface area (Å²) in [7, 11) is 1.83. The number of oxazole rings is 1. The van der Waals surface area contributed by atoms with Gasteiger partial charge in [0.25, 0.3) is 0 Å². The lowest BCUT2D eigenvalue weighted by atomic mass is 10.0. The van der Waals surface area contributed by atoms with Gasteiger partial charge >= 0.3 is 6.03 Å². The molecule has 1 aliphatic rings. The Hall–Kier alpha value is -3.09. The average molecular weight is 382 g/mol. The van der Waals surface area contributed by atoms with Gasteiger partial charge in [-0.2, -0.15) is 0 Å². The number of piperidine rings is 1. The minimum absolute atomic E-state index is 0.139. The summed E-state index contributed by atoms with van der Waals surface area (Å²) in [6.07, 6.45) is 1.73. The Kier molecular flexibility index (Phi) is 4.90. The van der Waals surface area contributed by atoms with Gasteiger partial charge in [0.15, 0.2) is 11.5 Å². The molecule has 2 heterocycles. The first-order valence-corrected chi connectivity index (χ1v) is 9.41. The molecule has 28 heavy (non-hydrogen) atoms. The van der Waals surface area contributed by atoms with Crippen LogP contribution in [0.1, 0.15) is 18.7 Å². The van der Waals surface area contributed by atoms with Gasteiger partial charge in [-0.05, 0) is 55.3 Å². The van der Waals surface area contributed by atoms with E-state index in [4.69, 9.17) is 4.42 Å². The van der Waals surface area contributed by atoms with Crippen molar-refractivity contribution < 1.29 is 13.6 Å². The van der Waals surface area contributed by atoms with E-state index < -0.39 is 0 Å². The molecule has 0 spiro atoms. The minimum atomic E-state index is -0.228. The molecular formula is C21H23FN4O2. The van der Waals surface area contributed by atoms with Gasteiger partial charge in [-0.3, -0.25) is 0 Å². The summed E-state index contributed by atoms with van der Waals surface area (Å²) < 4.78 is 18.6. The first kappa shape index (κ1) is 18.3. The van der Waals surface area contributed by atoms with Crippen LogP contribution in [0.3, 0.4) is 0 Å². The molecule has 2 amide bonds. The number of nitrogens with one attached hydrogen (secondary N) is 1. The standard InChI is InChI=1S/C21H23FN4O2/c1-14-23-19-13-16(5-8-20(19)28-14)24-21(27)25(2)17-9-11-26(12-10-17)18-6-3-15(22)4-7-18/h3-8,13,17H,9-12H2,1-2H3,(H,24,27). The molecule has 0 unspecified atom stereocenters. The molecule has 1 N–H and O–H groups in total. The van der Waals surface area contributed by atoms with E-state index in [1.54, 1.807) is 24.0 Å². The highest BCUT2D eigenvalue weighted by molar-refractivity contribution is 5.91. The van der Waals surface area contributed by atoms with Crippen molar-refractivity contribution in [3.63, 3.8) is 0 Å². The number of hydrogen-bond acceptors (Lipinski definition) is 4. The third-order valence-electron chi connectivity index (χ3n) is 5.27. The van der Waals surface area contributed by atoms with Crippen LogP contribution in [0.5, 0.6) is 0 Å². The highest BCUT2D eigenvalue weighted by Gasteiger charge is 2.25. The van der Waals surface area contributed by atoms with Crippen molar-refractivity contribution in [1.82, 2.24) is 9.88 Å². The second-order valence-electron chi connectivity index (χ2n) is 7.15. The van der Waals surface area contributed by atoms with Gasteiger partial charge in [-0.1, -0.05) is 0 Å². The van der Waals surface area contributed by atoms with Gasteiger partial charge in [-0.25, -0.2) is 14.2 Å². The van der Waals surface area contributed by atoms with Crippen LogP contribution in [0.2, 0.25) is 0 Å². The Bertz CT molecular complexity index is 978. The molecule has 4 rings (SSSR count). The van der Waals surface area contributed by atoms with Crippen molar-refractivity contribution in [2.45, 2.75) is 25.8 Å². The Balaban J connectivity index is 1.35. The molecule has 0 atom stereocenters. The lowest BCUT2D eigenvalue weighted by Gasteiger charge is -2.37. The number of carbonyl (C=O) groups is 1. The SMILES string of the molecule is Cc1nc2cc(NC(=O)N(C)C3CCN(c4ccc(F)cc4)CC3)ccc2o1. The summed E-state index contributed by atoms with van der Waals surface area (Å²) in [5, 5.41) is 2.94. The van der Waals surface area contributed by atoms with E-state index in [1.165, 1.54) is 12.1 Å². The summed E-state index contributed by atoms with van der Waals surface area (Å²) >= 11 is 0. The maximum Gasteiger partial charge on any atom is 0.321 e. The number of amides is 2. The third-order valence-corrected chi connectivity index (χ3v) is 5.27. The number of carbonyl (C=O) groups excluding carboxylic acids is 1. The summed E-state index contributed by atoms with van der Waals surface area (Å²) in [6, 6.07) is 12.0. The third kappa shape index (κ3) is 3.78. The second-order valence-corrected chi connectivity index (χ2v) is 7.15. The first-order valence-electron chi connectivity index (χ1n) is 9.41. The number of hydrogen-bond donors (Lipinski definition) is 1. The lowest BCUT2D eigenvalue weighted by Crippen LogP contribution is -2.47. The van der Waals surface area contributed by atoms with Crippen molar-refractivity contribution in [3.05, 3.63) is 54.2 Å². The Morgan fingerprint density at radius 3 is 2.64 bits per heavy atom. The van der Waals surface area contributed by atoms with E-state index in [2.05, 4.69) is 15.2 Å². The smallest absolute Gasteiger partial charge is 0.321 e. The second kappa shape index (κ2) is 7.50. The van der Waals surface area contributed by atoms with Crippen LogP contribution in [0.15, 0.2) is 46.9 Å². The monoisotopic (exact) mass is 382 g/mol. The molecule has 1 aromatic heterocycles. The molecular weight excluding hydrogens is 359 g/mol. The topological polar surface area (TPSA) is 61.6 Å². The van der Waals surface area contributed by atoms with E-state index in [9.17, 15) is 9.18 Å². The fourth-order valence-corrected chi connectivity index (χ4v) is 3.66. The van der Waals surface area contributed by atoms with Crippen LogP contribution in [-0.2, 0) is 0 Å². The van der Waals surface area contributed by atoms with Crippen LogP contribution in [0.25, 0.3) is 11.1 Å². The zero-order valence-electron chi connectivity index (χ0n) is 16.0. The summed E-state index contributed by atoms with van der Waals surface area (Å²) in [4.78, 5) is 20.9. The minimum Gasteiger partial charge on any atom is -0.441 e. The molecule has 2 aromatic carbocycles. The number of halogens is 1. The van der Waals surface area contributed by atoms with Gasteiger partial charge in [-0.15, -0.1) is 0 Å². The van der Waals surface area contributed by atoms with Crippen LogP contribution >= 0.6 is 0 Å². The van der Waals surface area contributed by atoms with E-state index in [0.29, 0.717) is 17.2 Å². The zero-order chi connectivity index (χ0) is 19.7. The van der Waals surface area contributed by atoms with E-state index in [-0.39, 0.29) is 17.9 Å². The van der Waals surface area contributed by atoms with E-state index in [0.717, 1.165) is 37.1 Å². The average Bonchev–Trinajstić information content (AvgIpc) is 3.07. The number of fused-ring (bicyclic) bond motifs is 1.